The van der Waals surface area contributed by atoms with E-state index < -0.39 is 5.91 Å². The van der Waals surface area contributed by atoms with Gasteiger partial charge in [-0.3, -0.25) is 4.79 Å². The summed E-state index contributed by atoms with van der Waals surface area (Å²) in [6.07, 6.45) is 6.82. The van der Waals surface area contributed by atoms with Crippen LogP contribution in [0, 0.1) is 11.8 Å². The third kappa shape index (κ3) is 3.45. The average Bonchev–Trinajstić information content (AvgIpc) is 2.37. The normalized spacial score (nSPS) is 23.6. The van der Waals surface area contributed by atoms with Crippen LogP contribution in [-0.2, 0) is 0 Å². The fourth-order valence-corrected chi connectivity index (χ4v) is 2.64. The van der Waals surface area contributed by atoms with Crippen molar-refractivity contribution < 1.29 is 4.79 Å². The van der Waals surface area contributed by atoms with Crippen LogP contribution in [0.15, 0.2) is 18.3 Å². The molecule has 1 fully saturated rings. The summed E-state index contributed by atoms with van der Waals surface area (Å²) in [5.74, 6) is 1.97. The molecule has 1 heterocycles. The average molecular weight is 247 g/mol. The Hall–Kier alpha value is -1.58. The maximum absolute atomic E-state index is 10.9. The Bertz CT molecular complexity index is 402. The van der Waals surface area contributed by atoms with Gasteiger partial charge in [-0.05, 0) is 36.8 Å². The van der Waals surface area contributed by atoms with E-state index in [2.05, 4.69) is 17.2 Å². The number of anilines is 1. The van der Waals surface area contributed by atoms with Crippen LogP contribution in [-0.4, -0.2) is 17.4 Å². The highest BCUT2D eigenvalue weighted by Gasteiger charge is 2.18. The lowest BCUT2D eigenvalue weighted by atomic mass is 9.82. The van der Waals surface area contributed by atoms with Gasteiger partial charge in [0.05, 0.1) is 5.56 Å². The summed E-state index contributed by atoms with van der Waals surface area (Å²) in [6.45, 7) is 3.29. The van der Waals surface area contributed by atoms with Crippen molar-refractivity contribution in [2.75, 3.05) is 11.9 Å². The molecule has 18 heavy (non-hydrogen) atoms. The summed E-state index contributed by atoms with van der Waals surface area (Å²) in [6, 6.07) is 3.52. The smallest absolute Gasteiger partial charge is 0.250 e. The molecule has 1 aliphatic rings. The van der Waals surface area contributed by atoms with Gasteiger partial charge in [0.25, 0.3) is 0 Å². The number of nitrogens with zero attached hydrogens (tertiary/aromatic N) is 1. The van der Waals surface area contributed by atoms with Crippen LogP contribution >= 0.6 is 0 Å². The molecule has 0 bridgehead atoms. The van der Waals surface area contributed by atoms with Gasteiger partial charge in [0.1, 0.15) is 5.82 Å². The van der Waals surface area contributed by atoms with Gasteiger partial charge in [-0.2, -0.15) is 0 Å². The molecule has 1 aromatic heterocycles. The fourth-order valence-electron chi connectivity index (χ4n) is 2.64. The zero-order valence-electron chi connectivity index (χ0n) is 10.9. The molecule has 1 saturated carbocycles. The topological polar surface area (TPSA) is 68.0 Å². The third-order valence-electron chi connectivity index (χ3n) is 3.66. The van der Waals surface area contributed by atoms with Crippen molar-refractivity contribution in [3.8, 4) is 0 Å². The van der Waals surface area contributed by atoms with E-state index in [0.717, 1.165) is 24.2 Å². The molecule has 98 valence electrons. The quantitative estimate of drug-likeness (QED) is 0.858. The first kappa shape index (κ1) is 12.9. The third-order valence-corrected chi connectivity index (χ3v) is 3.66. The number of pyridine rings is 1. The Balaban J connectivity index is 1.84. The van der Waals surface area contributed by atoms with Crippen LogP contribution < -0.4 is 11.1 Å². The van der Waals surface area contributed by atoms with E-state index in [9.17, 15) is 4.79 Å². The summed E-state index contributed by atoms with van der Waals surface area (Å²) in [7, 11) is 0. The molecule has 2 rings (SSSR count). The molecular weight excluding hydrogens is 226 g/mol. The molecule has 0 aliphatic heterocycles. The first-order valence-corrected chi connectivity index (χ1v) is 6.65. The first-order chi connectivity index (χ1) is 8.65. The minimum atomic E-state index is -0.435. The number of hydrogen-bond donors (Lipinski definition) is 2. The Labute approximate surface area is 108 Å². The number of amides is 1. The van der Waals surface area contributed by atoms with Crippen molar-refractivity contribution in [3.05, 3.63) is 23.9 Å². The van der Waals surface area contributed by atoms with Crippen molar-refractivity contribution in [2.45, 2.75) is 32.6 Å². The van der Waals surface area contributed by atoms with Crippen LogP contribution in [0.25, 0.3) is 0 Å². The van der Waals surface area contributed by atoms with Crippen molar-refractivity contribution >= 4 is 11.7 Å². The zero-order valence-corrected chi connectivity index (χ0v) is 10.9. The number of nitrogens with two attached hydrogens (primary N) is 1. The van der Waals surface area contributed by atoms with Gasteiger partial charge in [-0.1, -0.05) is 19.8 Å². The number of carbonyl (C=O) groups excluding carboxylic acids is 1. The van der Waals surface area contributed by atoms with Gasteiger partial charge < -0.3 is 11.1 Å². The first-order valence-electron chi connectivity index (χ1n) is 6.65. The summed E-state index contributed by atoms with van der Waals surface area (Å²) in [5, 5.41) is 3.34. The minimum absolute atomic E-state index is 0.435. The second kappa shape index (κ2) is 5.85. The lowest BCUT2D eigenvalue weighted by Gasteiger charge is -2.26. The molecule has 0 saturated heterocycles. The standard InChI is InChI=1S/C14H21N3O/c1-10-3-2-4-11(7-10)8-16-13-6-5-12(9-17-13)14(15)18/h5-6,9-11H,2-4,7-8H2,1H3,(H2,15,18)(H,16,17). The highest BCUT2D eigenvalue weighted by atomic mass is 16.1. The number of primary amides is 1. The second-order valence-electron chi connectivity index (χ2n) is 5.32. The molecule has 0 spiro atoms. The van der Waals surface area contributed by atoms with Crippen molar-refractivity contribution in [1.29, 1.82) is 0 Å². The minimum Gasteiger partial charge on any atom is -0.370 e. The molecule has 2 unspecified atom stereocenters. The zero-order chi connectivity index (χ0) is 13.0. The van der Waals surface area contributed by atoms with Crippen LogP contribution in [0.5, 0.6) is 0 Å². The molecule has 2 atom stereocenters. The van der Waals surface area contributed by atoms with Crippen LogP contribution in [0.4, 0.5) is 5.82 Å². The SMILES string of the molecule is CC1CCCC(CNc2ccc(C(N)=O)cn2)C1. The Morgan fingerprint density at radius 1 is 1.50 bits per heavy atom. The van der Waals surface area contributed by atoms with Gasteiger partial charge in [-0.15, -0.1) is 0 Å². The van der Waals surface area contributed by atoms with Crippen molar-refractivity contribution in [1.82, 2.24) is 4.98 Å². The van der Waals surface area contributed by atoms with Gasteiger partial charge in [0, 0.05) is 12.7 Å². The summed E-state index contributed by atoms with van der Waals surface area (Å²) >= 11 is 0. The number of rotatable bonds is 4. The van der Waals surface area contributed by atoms with E-state index in [0.29, 0.717) is 5.56 Å². The van der Waals surface area contributed by atoms with Crippen molar-refractivity contribution in [2.24, 2.45) is 17.6 Å². The Morgan fingerprint density at radius 3 is 2.94 bits per heavy atom. The van der Waals surface area contributed by atoms with E-state index in [1.54, 1.807) is 6.07 Å². The Kier molecular flexibility index (Phi) is 4.18. The summed E-state index contributed by atoms with van der Waals surface area (Å²) in [5.41, 5.74) is 5.62. The van der Waals surface area contributed by atoms with Crippen LogP contribution in [0.1, 0.15) is 43.0 Å². The molecule has 0 aromatic carbocycles. The fraction of sp³-hybridized carbons (Fsp3) is 0.571. The number of aromatic nitrogens is 1. The molecule has 1 amide bonds. The molecular formula is C14H21N3O. The number of nitrogens with one attached hydrogen (secondary N) is 1. The predicted molar refractivity (Wildman–Crippen MR) is 72.4 cm³/mol. The Morgan fingerprint density at radius 2 is 2.33 bits per heavy atom. The maximum atomic E-state index is 10.9. The molecule has 1 aliphatic carbocycles. The van der Waals surface area contributed by atoms with Crippen molar-refractivity contribution in [3.63, 3.8) is 0 Å². The van der Waals surface area contributed by atoms with E-state index in [4.69, 9.17) is 5.73 Å². The number of hydrogen-bond acceptors (Lipinski definition) is 3. The highest BCUT2D eigenvalue weighted by molar-refractivity contribution is 5.92. The summed E-state index contributed by atoms with van der Waals surface area (Å²) < 4.78 is 0. The van der Waals surface area contributed by atoms with Gasteiger partial charge in [0.2, 0.25) is 5.91 Å². The van der Waals surface area contributed by atoms with Gasteiger partial charge in [-0.25, -0.2) is 4.98 Å². The lowest BCUT2D eigenvalue weighted by Crippen LogP contribution is -2.21. The van der Waals surface area contributed by atoms with E-state index >= 15 is 0 Å². The van der Waals surface area contributed by atoms with E-state index in [-0.39, 0.29) is 0 Å². The summed E-state index contributed by atoms with van der Waals surface area (Å²) in [4.78, 5) is 15.1. The largest absolute Gasteiger partial charge is 0.370 e. The predicted octanol–water partition coefficient (Wildman–Crippen LogP) is 2.42. The van der Waals surface area contributed by atoms with E-state index in [1.165, 1.54) is 31.9 Å². The molecule has 0 radical (unpaired) electrons. The number of carbonyl (C=O) groups is 1. The van der Waals surface area contributed by atoms with Gasteiger partial charge in [0.15, 0.2) is 0 Å². The van der Waals surface area contributed by atoms with E-state index in [1.807, 2.05) is 6.07 Å². The highest BCUT2D eigenvalue weighted by Crippen LogP contribution is 2.28. The molecule has 4 heteroatoms. The molecule has 1 aromatic rings. The van der Waals surface area contributed by atoms with Gasteiger partial charge >= 0.3 is 0 Å². The maximum Gasteiger partial charge on any atom is 0.250 e. The second-order valence-corrected chi connectivity index (χ2v) is 5.32. The van der Waals surface area contributed by atoms with Crippen LogP contribution in [0.3, 0.4) is 0 Å². The lowest BCUT2D eigenvalue weighted by molar-refractivity contribution is 0.1000. The van der Waals surface area contributed by atoms with Crippen LogP contribution in [0.2, 0.25) is 0 Å². The molecule has 3 N–H and O–H groups in total. The molecule has 4 nitrogen and oxygen atoms in total. The monoisotopic (exact) mass is 247 g/mol.